The van der Waals surface area contributed by atoms with Crippen molar-refractivity contribution >= 4 is 29.5 Å². The van der Waals surface area contributed by atoms with Crippen LogP contribution in [0.1, 0.15) is 23.8 Å². The maximum Gasteiger partial charge on any atom is 0.123 e. The Morgan fingerprint density at radius 3 is 2.96 bits per heavy atom. The summed E-state index contributed by atoms with van der Waals surface area (Å²) in [4.78, 5) is 12.2. The summed E-state index contributed by atoms with van der Waals surface area (Å²) in [7, 11) is 0. The SMILES string of the molecule is C=Nc1ccsc1C(=NCNCc1cccc(F)c1)C(=C)N1CCC(C)C1. The zero-order valence-corrected chi connectivity index (χ0v) is 16.4. The molecule has 1 N–H and O–H groups in total. The van der Waals surface area contributed by atoms with Crippen molar-refractivity contribution in [3.63, 3.8) is 0 Å². The minimum Gasteiger partial charge on any atom is -0.370 e. The van der Waals surface area contributed by atoms with E-state index in [9.17, 15) is 4.39 Å². The van der Waals surface area contributed by atoms with Gasteiger partial charge >= 0.3 is 0 Å². The van der Waals surface area contributed by atoms with E-state index in [0.29, 0.717) is 19.1 Å². The monoisotopic (exact) mass is 384 g/mol. The van der Waals surface area contributed by atoms with Gasteiger partial charge in [0.2, 0.25) is 0 Å². The fourth-order valence-electron chi connectivity index (χ4n) is 3.21. The van der Waals surface area contributed by atoms with Gasteiger partial charge in [-0.15, -0.1) is 11.3 Å². The molecule has 0 saturated carbocycles. The number of likely N-dealkylation sites (tertiary alicyclic amines) is 1. The highest BCUT2D eigenvalue weighted by Gasteiger charge is 2.24. The largest absolute Gasteiger partial charge is 0.370 e. The van der Waals surface area contributed by atoms with E-state index in [1.165, 1.54) is 18.6 Å². The Labute approximate surface area is 164 Å². The standard InChI is InChI=1S/C21H25FN4S/c1-15-7-9-26(13-15)16(2)20(21-19(23-3)8-10-27-21)25-14-24-12-17-5-4-6-18(22)11-17/h4-6,8,10-11,15,24H,2-3,7,9,12-14H2,1H3. The molecule has 4 nitrogen and oxygen atoms in total. The molecule has 2 aromatic rings. The van der Waals surface area contributed by atoms with Crippen molar-refractivity contribution in [2.45, 2.75) is 19.9 Å². The predicted octanol–water partition coefficient (Wildman–Crippen LogP) is 4.61. The Hall–Kier alpha value is -2.31. The third-order valence-electron chi connectivity index (χ3n) is 4.68. The lowest BCUT2D eigenvalue weighted by molar-refractivity contribution is 0.431. The summed E-state index contributed by atoms with van der Waals surface area (Å²) in [5, 5.41) is 5.25. The Kier molecular flexibility index (Phi) is 6.53. The van der Waals surface area contributed by atoms with Gasteiger partial charge in [0.15, 0.2) is 0 Å². The van der Waals surface area contributed by atoms with Crippen molar-refractivity contribution in [3.05, 3.63) is 64.2 Å². The molecule has 1 aromatic carbocycles. The highest BCUT2D eigenvalue weighted by molar-refractivity contribution is 7.13. The summed E-state index contributed by atoms with van der Waals surface area (Å²) in [5.74, 6) is 0.435. The van der Waals surface area contributed by atoms with Crippen LogP contribution >= 0.6 is 11.3 Å². The van der Waals surface area contributed by atoms with E-state index in [0.717, 1.165) is 40.6 Å². The summed E-state index contributed by atoms with van der Waals surface area (Å²) < 4.78 is 13.3. The van der Waals surface area contributed by atoms with Gasteiger partial charge in [-0.25, -0.2) is 4.39 Å². The van der Waals surface area contributed by atoms with Crippen LogP contribution in [0.5, 0.6) is 0 Å². The van der Waals surface area contributed by atoms with E-state index in [2.05, 4.69) is 35.4 Å². The Bertz CT molecular complexity index is 842. The van der Waals surface area contributed by atoms with Crippen molar-refractivity contribution in [2.24, 2.45) is 15.9 Å². The molecule has 1 fully saturated rings. The quantitative estimate of drug-likeness (QED) is 0.533. The molecule has 1 aliphatic heterocycles. The topological polar surface area (TPSA) is 40.0 Å². The van der Waals surface area contributed by atoms with Crippen molar-refractivity contribution in [3.8, 4) is 0 Å². The molecule has 1 saturated heterocycles. The van der Waals surface area contributed by atoms with E-state index < -0.39 is 0 Å². The van der Waals surface area contributed by atoms with Crippen LogP contribution in [-0.2, 0) is 6.54 Å². The molecule has 6 heteroatoms. The second-order valence-corrected chi connectivity index (χ2v) is 7.72. The molecule has 0 amide bonds. The molecule has 0 aliphatic carbocycles. The van der Waals surface area contributed by atoms with Gasteiger partial charge in [0.1, 0.15) is 11.5 Å². The first-order chi connectivity index (χ1) is 13.1. The third kappa shape index (κ3) is 4.90. The maximum atomic E-state index is 13.3. The molecule has 1 unspecified atom stereocenters. The van der Waals surface area contributed by atoms with Crippen LogP contribution in [0.15, 0.2) is 58.0 Å². The summed E-state index contributed by atoms with van der Waals surface area (Å²) in [5.41, 5.74) is 3.51. The number of nitrogens with one attached hydrogen (secondary N) is 1. The van der Waals surface area contributed by atoms with Gasteiger partial charge in [-0.05, 0) is 48.2 Å². The average molecular weight is 385 g/mol. The summed E-state index contributed by atoms with van der Waals surface area (Å²) in [6, 6.07) is 8.53. The molecule has 142 valence electrons. The molecule has 1 atom stereocenters. The van der Waals surface area contributed by atoms with Crippen LogP contribution in [0.2, 0.25) is 0 Å². The molecule has 2 heterocycles. The first-order valence-corrected chi connectivity index (χ1v) is 9.95. The van der Waals surface area contributed by atoms with Crippen molar-refractivity contribution in [2.75, 3.05) is 19.8 Å². The van der Waals surface area contributed by atoms with Gasteiger partial charge in [-0.1, -0.05) is 25.6 Å². The van der Waals surface area contributed by atoms with Crippen LogP contribution in [0.4, 0.5) is 10.1 Å². The Morgan fingerprint density at radius 1 is 1.41 bits per heavy atom. The smallest absolute Gasteiger partial charge is 0.123 e. The van der Waals surface area contributed by atoms with Crippen LogP contribution < -0.4 is 5.32 Å². The van der Waals surface area contributed by atoms with Crippen LogP contribution in [0, 0.1) is 11.7 Å². The fourth-order valence-corrected chi connectivity index (χ4v) is 4.09. The average Bonchev–Trinajstić information content (AvgIpc) is 3.30. The van der Waals surface area contributed by atoms with E-state index in [1.807, 2.05) is 17.5 Å². The second-order valence-electron chi connectivity index (χ2n) is 6.80. The molecule has 1 aliphatic rings. The normalized spacial score (nSPS) is 17.3. The molecule has 0 radical (unpaired) electrons. The number of nitrogens with zero attached hydrogens (tertiary/aromatic N) is 3. The highest BCUT2D eigenvalue weighted by atomic mass is 32.1. The molecule has 27 heavy (non-hydrogen) atoms. The van der Waals surface area contributed by atoms with Crippen LogP contribution in [0.3, 0.4) is 0 Å². The molecule has 1 aromatic heterocycles. The lowest BCUT2D eigenvalue weighted by atomic mass is 10.2. The minimum atomic E-state index is -0.227. The van der Waals surface area contributed by atoms with Crippen molar-refractivity contribution in [1.29, 1.82) is 0 Å². The molecule has 0 bridgehead atoms. The number of rotatable bonds is 8. The number of hydrogen-bond donors (Lipinski definition) is 1. The molecular weight excluding hydrogens is 359 g/mol. The lowest BCUT2D eigenvalue weighted by Gasteiger charge is -2.22. The number of allylic oxidation sites excluding steroid dienone is 1. The Balaban J connectivity index is 1.74. The van der Waals surface area contributed by atoms with E-state index in [-0.39, 0.29) is 5.82 Å². The fraction of sp³-hybridized carbons (Fsp3) is 0.333. The maximum absolute atomic E-state index is 13.3. The van der Waals surface area contributed by atoms with Crippen LogP contribution in [-0.4, -0.2) is 37.1 Å². The molecular formula is C21H25FN4S. The number of hydrogen-bond acceptors (Lipinski definition) is 5. The van der Waals surface area contributed by atoms with Gasteiger partial charge < -0.3 is 4.90 Å². The lowest BCUT2D eigenvalue weighted by Crippen LogP contribution is -2.26. The summed E-state index contributed by atoms with van der Waals surface area (Å²) >= 11 is 1.60. The van der Waals surface area contributed by atoms with Crippen molar-refractivity contribution in [1.82, 2.24) is 10.2 Å². The van der Waals surface area contributed by atoms with Gasteiger partial charge in [-0.2, -0.15) is 0 Å². The number of halogens is 1. The van der Waals surface area contributed by atoms with E-state index in [4.69, 9.17) is 4.99 Å². The number of aliphatic imine (C=N–C) groups is 2. The second kappa shape index (κ2) is 9.06. The summed E-state index contributed by atoms with van der Waals surface area (Å²) in [6.07, 6.45) is 1.17. The highest BCUT2D eigenvalue weighted by Crippen LogP contribution is 2.30. The zero-order chi connectivity index (χ0) is 19.2. The summed E-state index contributed by atoms with van der Waals surface area (Å²) in [6.45, 7) is 13.2. The zero-order valence-electron chi connectivity index (χ0n) is 15.6. The molecule has 3 rings (SSSR count). The van der Waals surface area contributed by atoms with Gasteiger partial charge in [0.05, 0.1) is 22.9 Å². The van der Waals surface area contributed by atoms with E-state index >= 15 is 0 Å². The minimum absolute atomic E-state index is 0.227. The van der Waals surface area contributed by atoms with Gasteiger partial charge in [0.25, 0.3) is 0 Å². The van der Waals surface area contributed by atoms with E-state index in [1.54, 1.807) is 17.4 Å². The van der Waals surface area contributed by atoms with Crippen molar-refractivity contribution < 1.29 is 4.39 Å². The third-order valence-corrected chi connectivity index (χ3v) is 5.59. The van der Waals surface area contributed by atoms with Gasteiger partial charge in [0, 0.05) is 19.6 Å². The first-order valence-electron chi connectivity index (χ1n) is 9.07. The predicted molar refractivity (Wildman–Crippen MR) is 113 cm³/mol. The first kappa shape index (κ1) is 19.5. The Morgan fingerprint density at radius 2 is 2.26 bits per heavy atom. The van der Waals surface area contributed by atoms with Gasteiger partial charge in [-0.3, -0.25) is 15.3 Å². The van der Waals surface area contributed by atoms with Crippen LogP contribution in [0.25, 0.3) is 0 Å². The number of benzene rings is 1. The molecule has 0 spiro atoms. The number of thiophene rings is 1.